The van der Waals surface area contributed by atoms with Crippen LogP contribution in [0.25, 0.3) is 0 Å². The van der Waals surface area contributed by atoms with E-state index in [4.69, 9.17) is 47.4 Å². The van der Waals surface area contributed by atoms with Gasteiger partial charge in [-0.05, 0) is 38.9 Å². The third-order valence-corrected chi connectivity index (χ3v) is 12.7. The number of rotatable bonds is 25. The molecule has 0 aromatic heterocycles. The van der Waals surface area contributed by atoms with Crippen molar-refractivity contribution >= 4 is 0 Å². The summed E-state index contributed by atoms with van der Waals surface area (Å²) in [5.41, 5.74) is 6.80. The van der Waals surface area contributed by atoms with E-state index in [-0.39, 0.29) is 52.9 Å². The molecule has 7 aromatic carbocycles. The first kappa shape index (κ1) is 51.0. The molecule has 0 radical (unpaired) electrons. The normalized spacial score (nSPS) is 24.2. The minimum atomic E-state index is -1.41. The Kier molecular flexibility index (Phi) is 19.3. The van der Waals surface area contributed by atoms with Gasteiger partial charge in [-0.1, -0.05) is 212 Å². The molecular weight excluding hydrogens is 909 g/mol. The van der Waals surface area contributed by atoms with Crippen molar-refractivity contribution in [3.63, 3.8) is 0 Å². The Morgan fingerprint density at radius 2 is 0.556 bits per heavy atom. The standard InChI is InChI=1S/C61H64O11/c62-60-58(68-41-50-32-18-6-19-33-50)56(66-39-48-28-14-4-15-29-48)55(65-38-47-26-12-3-13-27-47)53(71-60)44-70-61-59(69-42-51-34-20-7-21-35-51)57(67-40-49-30-16-5-17-31-49)54(64-37-46-24-10-2-11-25-46)52(72-61)43-63-36-45-22-8-1-9-23-45/h1-35,52-62H,36-44H2/t52-,53-,54-,55-,56+,57+,58-,59-,60-,61-/m1/s1. The van der Waals surface area contributed by atoms with E-state index in [1.807, 2.05) is 212 Å². The molecule has 9 rings (SSSR count). The molecular formula is C61H64O11. The fourth-order valence-corrected chi connectivity index (χ4v) is 8.97. The molecule has 0 spiro atoms. The molecule has 2 heterocycles. The third kappa shape index (κ3) is 14.8. The Bertz CT molecular complexity index is 2550. The number of hydrogen-bond acceptors (Lipinski definition) is 11. The van der Waals surface area contributed by atoms with Gasteiger partial charge in [-0.2, -0.15) is 0 Å². The van der Waals surface area contributed by atoms with Crippen molar-refractivity contribution in [1.29, 1.82) is 0 Å². The molecule has 7 aromatic rings. The van der Waals surface area contributed by atoms with Gasteiger partial charge in [0.05, 0.1) is 59.5 Å². The van der Waals surface area contributed by atoms with E-state index in [0.717, 1.165) is 38.9 Å². The fourth-order valence-electron chi connectivity index (χ4n) is 8.97. The summed E-state index contributed by atoms with van der Waals surface area (Å²) in [5, 5.41) is 12.0. The summed E-state index contributed by atoms with van der Waals surface area (Å²) in [6.07, 6.45) is -8.74. The van der Waals surface area contributed by atoms with Gasteiger partial charge in [0.15, 0.2) is 12.6 Å². The van der Waals surface area contributed by atoms with Gasteiger partial charge >= 0.3 is 0 Å². The maximum Gasteiger partial charge on any atom is 0.187 e. The van der Waals surface area contributed by atoms with Crippen molar-refractivity contribution in [1.82, 2.24) is 0 Å². The Morgan fingerprint density at radius 1 is 0.278 bits per heavy atom. The average molecular weight is 973 g/mol. The number of aliphatic hydroxyl groups excluding tert-OH is 1. The highest BCUT2D eigenvalue weighted by molar-refractivity contribution is 5.19. The monoisotopic (exact) mass is 972 g/mol. The molecule has 2 aliphatic heterocycles. The minimum Gasteiger partial charge on any atom is -0.374 e. The Labute approximate surface area is 423 Å². The molecule has 2 fully saturated rings. The fraction of sp³-hybridized carbons (Fsp3) is 0.311. The lowest BCUT2D eigenvalue weighted by Gasteiger charge is -2.47. The van der Waals surface area contributed by atoms with Crippen LogP contribution in [-0.2, 0) is 93.6 Å². The van der Waals surface area contributed by atoms with Crippen LogP contribution in [0.2, 0.25) is 0 Å². The first-order chi connectivity index (χ1) is 35.6. The Hall–Kier alpha value is -5.90. The quantitative estimate of drug-likeness (QED) is 0.0591. The molecule has 0 unspecified atom stereocenters. The van der Waals surface area contributed by atoms with E-state index in [0.29, 0.717) is 6.61 Å². The topological polar surface area (TPSA) is 113 Å². The molecule has 11 nitrogen and oxygen atoms in total. The molecule has 2 saturated heterocycles. The van der Waals surface area contributed by atoms with E-state index in [2.05, 4.69) is 0 Å². The average Bonchev–Trinajstić information content (AvgIpc) is 3.44. The van der Waals surface area contributed by atoms with Crippen LogP contribution in [-0.4, -0.2) is 79.7 Å². The zero-order chi connectivity index (χ0) is 49.0. The van der Waals surface area contributed by atoms with Gasteiger partial charge in [-0.3, -0.25) is 0 Å². The van der Waals surface area contributed by atoms with Crippen LogP contribution in [0.1, 0.15) is 38.9 Å². The molecule has 374 valence electrons. The van der Waals surface area contributed by atoms with Gasteiger partial charge < -0.3 is 52.5 Å². The van der Waals surface area contributed by atoms with Crippen LogP contribution in [0.3, 0.4) is 0 Å². The van der Waals surface area contributed by atoms with Crippen LogP contribution >= 0.6 is 0 Å². The van der Waals surface area contributed by atoms with Crippen LogP contribution in [0.4, 0.5) is 0 Å². The third-order valence-electron chi connectivity index (χ3n) is 12.7. The maximum absolute atomic E-state index is 12.0. The van der Waals surface area contributed by atoms with Crippen molar-refractivity contribution in [2.45, 2.75) is 108 Å². The highest BCUT2D eigenvalue weighted by Crippen LogP contribution is 2.34. The van der Waals surface area contributed by atoms with Crippen LogP contribution in [0, 0.1) is 0 Å². The summed E-state index contributed by atoms with van der Waals surface area (Å²) >= 11 is 0. The molecule has 0 amide bonds. The van der Waals surface area contributed by atoms with E-state index >= 15 is 0 Å². The summed E-state index contributed by atoms with van der Waals surface area (Å²) in [4.78, 5) is 0. The second-order valence-electron chi connectivity index (χ2n) is 18.0. The second-order valence-corrected chi connectivity index (χ2v) is 18.0. The molecule has 0 aliphatic carbocycles. The predicted octanol–water partition coefficient (Wildman–Crippen LogP) is 10.2. The predicted molar refractivity (Wildman–Crippen MR) is 272 cm³/mol. The first-order valence-electron chi connectivity index (χ1n) is 24.8. The second kappa shape index (κ2) is 27.2. The molecule has 2 aliphatic rings. The van der Waals surface area contributed by atoms with Gasteiger partial charge in [0, 0.05) is 0 Å². The minimum absolute atomic E-state index is 0.0957. The Morgan fingerprint density at radius 3 is 0.917 bits per heavy atom. The summed E-state index contributed by atoms with van der Waals surface area (Å²) < 4.78 is 67.9. The number of benzene rings is 7. The number of aliphatic hydroxyl groups is 1. The lowest BCUT2D eigenvalue weighted by Crippen LogP contribution is -2.63. The summed E-state index contributed by atoms with van der Waals surface area (Å²) in [6, 6.07) is 69.7. The van der Waals surface area contributed by atoms with E-state index in [1.54, 1.807) is 0 Å². The number of hydrogen-bond donors (Lipinski definition) is 1. The molecule has 0 bridgehead atoms. The summed E-state index contributed by atoms with van der Waals surface area (Å²) in [6.45, 7) is 1.89. The van der Waals surface area contributed by atoms with Crippen molar-refractivity contribution in [3.8, 4) is 0 Å². The van der Waals surface area contributed by atoms with Crippen LogP contribution < -0.4 is 0 Å². The van der Waals surface area contributed by atoms with Crippen molar-refractivity contribution < 1.29 is 52.5 Å². The molecule has 0 saturated carbocycles. The van der Waals surface area contributed by atoms with E-state index in [1.165, 1.54) is 0 Å². The maximum atomic E-state index is 12.0. The molecule has 10 atom stereocenters. The summed E-state index contributed by atoms with van der Waals surface area (Å²) in [7, 11) is 0. The van der Waals surface area contributed by atoms with Crippen molar-refractivity contribution in [2.24, 2.45) is 0 Å². The van der Waals surface area contributed by atoms with E-state index < -0.39 is 61.4 Å². The molecule has 11 heteroatoms. The van der Waals surface area contributed by atoms with Gasteiger partial charge in [-0.15, -0.1) is 0 Å². The van der Waals surface area contributed by atoms with Gasteiger partial charge in [-0.25, -0.2) is 0 Å². The van der Waals surface area contributed by atoms with Gasteiger partial charge in [0.2, 0.25) is 0 Å². The zero-order valence-corrected chi connectivity index (χ0v) is 40.4. The summed E-state index contributed by atoms with van der Waals surface area (Å²) in [5.74, 6) is 0. The van der Waals surface area contributed by atoms with Crippen LogP contribution in [0.5, 0.6) is 0 Å². The SMILES string of the molecule is O[C@@H]1O[C@H](CO[C@@H]2O[C@H](COCc3ccccc3)[C@@H](OCc3ccccc3)[C@H](OCc3ccccc3)[C@H]2OCc2ccccc2)[C@@H](OCc2ccccc2)[C@H](OCc2ccccc2)[C@H]1OCc1ccccc1. The number of ether oxygens (including phenoxy) is 10. The highest BCUT2D eigenvalue weighted by Gasteiger charge is 2.52. The Balaban J connectivity index is 1.04. The van der Waals surface area contributed by atoms with Gasteiger partial charge in [0.1, 0.15) is 48.8 Å². The smallest absolute Gasteiger partial charge is 0.187 e. The van der Waals surface area contributed by atoms with Crippen molar-refractivity contribution in [3.05, 3.63) is 251 Å². The van der Waals surface area contributed by atoms with Crippen LogP contribution in [0.15, 0.2) is 212 Å². The van der Waals surface area contributed by atoms with Crippen molar-refractivity contribution in [2.75, 3.05) is 13.2 Å². The highest BCUT2D eigenvalue weighted by atomic mass is 16.7. The van der Waals surface area contributed by atoms with Gasteiger partial charge in [0.25, 0.3) is 0 Å². The lowest BCUT2D eigenvalue weighted by atomic mass is 9.97. The molecule has 72 heavy (non-hydrogen) atoms. The zero-order valence-electron chi connectivity index (χ0n) is 40.4. The first-order valence-corrected chi connectivity index (χ1v) is 24.8. The van der Waals surface area contributed by atoms with E-state index in [9.17, 15) is 5.11 Å². The largest absolute Gasteiger partial charge is 0.374 e. The molecule has 1 N–H and O–H groups in total. The lowest BCUT2D eigenvalue weighted by molar-refractivity contribution is -0.349.